The zero-order chi connectivity index (χ0) is 15.0. The summed E-state index contributed by atoms with van der Waals surface area (Å²) in [4.78, 5) is 2.22. The second-order valence-electron chi connectivity index (χ2n) is 5.86. The van der Waals surface area contributed by atoms with Crippen molar-refractivity contribution in [2.45, 2.75) is 19.5 Å². The SMILES string of the molecule is COc1ccc2c3c(n(CCN(C)C)c2c1)C(C)NC=C3. The lowest BCUT2D eigenvalue weighted by atomic mass is 10.0. The van der Waals surface area contributed by atoms with Crippen molar-refractivity contribution in [3.63, 3.8) is 0 Å². The molecule has 112 valence electrons. The summed E-state index contributed by atoms with van der Waals surface area (Å²) in [5.74, 6) is 0.910. The van der Waals surface area contributed by atoms with Crippen LogP contribution in [0.25, 0.3) is 17.0 Å². The average molecular weight is 285 g/mol. The number of ether oxygens (including phenoxy) is 1. The molecule has 4 nitrogen and oxygen atoms in total. The highest BCUT2D eigenvalue weighted by Gasteiger charge is 2.22. The topological polar surface area (TPSA) is 29.4 Å². The van der Waals surface area contributed by atoms with Crippen LogP contribution in [-0.2, 0) is 6.54 Å². The number of likely N-dealkylation sites (N-methyl/N-ethyl adjacent to an activating group) is 1. The van der Waals surface area contributed by atoms with Crippen LogP contribution < -0.4 is 10.1 Å². The first kappa shape index (κ1) is 14.0. The molecule has 0 aliphatic carbocycles. The maximum atomic E-state index is 5.40. The van der Waals surface area contributed by atoms with Crippen molar-refractivity contribution in [2.24, 2.45) is 0 Å². The molecule has 1 unspecified atom stereocenters. The van der Waals surface area contributed by atoms with Gasteiger partial charge < -0.3 is 19.5 Å². The molecule has 4 heteroatoms. The van der Waals surface area contributed by atoms with Gasteiger partial charge in [0.25, 0.3) is 0 Å². The fourth-order valence-electron chi connectivity index (χ4n) is 3.04. The molecule has 0 fully saturated rings. The zero-order valence-electron chi connectivity index (χ0n) is 13.2. The number of nitrogens with one attached hydrogen (secondary N) is 1. The molecule has 0 saturated heterocycles. The van der Waals surface area contributed by atoms with E-state index in [2.05, 4.69) is 54.0 Å². The molecular formula is C17H23N3O. The van der Waals surface area contributed by atoms with Crippen molar-refractivity contribution >= 4 is 17.0 Å². The second-order valence-corrected chi connectivity index (χ2v) is 5.86. The Bertz CT molecular complexity index is 685. The Balaban J connectivity index is 2.20. The van der Waals surface area contributed by atoms with Gasteiger partial charge in [-0.3, -0.25) is 0 Å². The summed E-state index contributed by atoms with van der Waals surface area (Å²) in [5.41, 5.74) is 3.95. The van der Waals surface area contributed by atoms with E-state index in [9.17, 15) is 0 Å². The van der Waals surface area contributed by atoms with Crippen molar-refractivity contribution in [1.29, 1.82) is 0 Å². The fourth-order valence-corrected chi connectivity index (χ4v) is 3.04. The summed E-state index contributed by atoms with van der Waals surface area (Å²) in [6.45, 7) is 4.21. The van der Waals surface area contributed by atoms with Crippen LogP contribution in [0, 0.1) is 0 Å². The maximum absolute atomic E-state index is 5.40. The molecule has 2 heterocycles. The number of benzene rings is 1. The number of nitrogens with zero attached hydrogens (tertiary/aromatic N) is 2. The summed E-state index contributed by atoms with van der Waals surface area (Å²) in [7, 11) is 5.94. The van der Waals surface area contributed by atoms with Crippen molar-refractivity contribution in [2.75, 3.05) is 27.7 Å². The average Bonchev–Trinajstić information content (AvgIpc) is 2.79. The van der Waals surface area contributed by atoms with Crippen LogP contribution in [0.15, 0.2) is 24.4 Å². The predicted octanol–water partition coefficient (Wildman–Crippen LogP) is 2.85. The van der Waals surface area contributed by atoms with Gasteiger partial charge in [-0.2, -0.15) is 0 Å². The van der Waals surface area contributed by atoms with Crippen LogP contribution in [-0.4, -0.2) is 37.2 Å². The molecule has 21 heavy (non-hydrogen) atoms. The molecule has 2 aromatic rings. The van der Waals surface area contributed by atoms with Gasteiger partial charge in [0.2, 0.25) is 0 Å². The van der Waals surface area contributed by atoms with E-state index in [1.165, 1.54) is 22.2 Å². The van der Waals surface area contributed by atoms with E-state index in [0.717, 1.165) is 18.8 Å². The van der Waals surface area contributed by atoms with Gasteiger partial charge in [0.15, 0.2) is 0 Å². The van der Waals surface area contributed by atoms with Crippen LogP contribution in [0.2, 0.25) is 0 Å². The third-order valence-corrected chi connectivity index (χ3v) is 4.13. The molecule has 1 aromatic heterocycles. The first-order valence-electron chi connectivity index (χ1n) is 7.39. The van der Waals surface area contributed by atoms with Gasteiger partial charge in [-0.05, 0) is 45.4 Å². The maximum Gasteiger partial charge on any atom is 0.120 e. The van der Waals surface area contributed by atoms with Crippen molar-refractivity contribution in [1.82, 2.24) is 14.8 Å². The molecule has 0 spiro atoms. The highest BCUT2D eigenvalue weighted by Crippen LogP contribution is 2.35. The minimum absolute atomic E-state index is 0.325. The van der Waals surface area contributed by atoms with E-state index in [4.69, 9.17) is 4.74 Å². The Morgan fingerprint density at radius 3 is 2.86 bits per heavy atom. The van der Waals surface area contributed by atoms with E-state index >= 15 is 0 Å². The van der Waals surface area contributed by atoms with Crippen molar-refractivity contribution < 1.29 is 4.74 Å². The van der Waals surface area contributed by atoms with Crippen LogP contribution in [0.3, 0.4) is 0 Å². The minimum Gasteiger partial charge on any atom is -0.497 e. The van der Waals surface area contributed by atoms with Gasteiger partial charge in [0, 0.05) is 35.8 Å². The zero-order valence-corrected chi connectivity index (χ0v) is 13.2. The standard InChI is InChI=1S/C17H23N3O/c1-12-17-15(7-8-18-12)14-6-5-13(21-4)11-16(14)20(17)10-9-19(2)3/h5-8,11-12,18H,9-10H2,1-4H3. The summed E-state index contributed by atoms with van der Waals surface area (Å²) in [6, 6.07) is 6.68. The Hall–Kier alpha value is -1.94. The Morgan fingerprint density at radius 1 is 1.33 bits per heavy atom. The molecule has 1 atom stereocenters. The highest BCUT2D eigenvalue weighted by molar-refractivity contribution is 5.93. The van der Waals surface area contributed by atoms with E-state index in [1.807, 2.05) is 12.3 Å². The molecule has 1 aliphatic rings. The largest absolute Gasteiger partial charge is 0.497 e. The number of rotatable bonds is 4. The van der Waals surface area contributed by atoms with Crippen LogP contribution in [0.4, 0.5) is 0 Å². The lowest BCUT2D eigenvalue weighted by molar-refractivity contribution is 0.381. The monoisotopic (exact) mass is 285 g/mol. The van der Waals surface area contributed by atoms with Gasteiger partial charge in [-0.1, -0.05) is 0 Å². The quantitative estimate of drug-likeness (QED) is 0.936. The van der Waals surface area contributed by atoms with E-state index in [-0.39, 0.29) is 0 Å². The minimum atomic E-state index is 0.325. The molecule has 0 bridgehead atoms. The van der Waals surface area contributed by atoms with Crippen LogP contribution in [0.5, 0.6) is 5.75 Å². The van der Waals surface area contributed by atoms with E-state index < -0.39 is 0 Å². The molecule has 1 aromatic carbocycles. The van der Waals surface area contributed by atoms with Gasteiger partial charge in [0.05, 0.1) is 18.7 Å². The molecule has 1 aliphatic heterocycles. The predicted molar refractivity (Wildman–Crippen MR) is 87.6 cm³/mol. The number of fused-ring (bicyclic) bond motifs is 3. The van der Waals surface area contributed by atoms with Gasteiger partial charge >= 0.3 is 0 Å². The molecule has 3 rings (SSSR count). The number of hydrogen-bond acceptors (Lipinski definition) is 3. The van der Waals surface area contributed by atoms with Crippen LogP contribution >= 0.6 is 0 Å². The Morgan fingerprint density at radius 2 is 2.14 bits per heavy atom. The van der Waals surface area contributed by atoms with Gasteiger partial charge in [0.1, 0.15) is 5.75 Å². The Labute approximate surface area is 126 Å². The number of methoxy groups -OCH3 is 1. The molecule has 0 radical (unpaired) electrons. The van der Waals surface area contributed by atoms with Crippen molar-refractivity contribution in [3.05, 3.63) is 35.7 Å². The summed E-state index contributed by atoms with van der Waals surface area (Å²) < 4.78 is 7.83. The number of hydrogen-bond donors (Lipinski definition) is 1. The first-order valence-corrected chi connectivity index (χ1v) is 7.39. The van der Waals surface area contributed by atoms with E-state index in [1.54, 1.807) is 7.11 Å². The van der Waals surface area contributed by atoms with E-state index in [0.29, 0.717) is 6.04 Å². The van der Waals surface area contributed by atoms with Crippen molar-refractivity contribution in [3.8, 4) is 5.75 Å². The third-order valence-electron chi connectivity index (χ3n) is 4.13. The Kier molecular flexibility index (Phi) is 3.64. The fraction of sp³-hybridized carbons (Fsp3) is 0.412. The third kappa shape index (κ3) is 2.40. The second kappa shape index (κ2) is 5.45. The lowest BCUT2D eigenvalue weighted by Crippen LogP contribution is -2.23. The summed E-state index contributed by atoms with van der Waals surface area (Å²) in [6.07, 6.45) is 4.23. The normalized spacial score (nSPS) is 17.1. The lowest BCUT2D eigenvalue weighted by Gasteiger charge is -2.22. The first-order chi connectivity index (χ1) is 10.1. The molecule has 1 N–H and O–H groups in total. The smallest absolute Gasteiger partial charge is 0.120 e. The van der Waals surface area contributed by atoms with Gasteiger partial charge in [-0.15, -0.1) is 0 Å². The number of aromatic nitrogens is 1. The molecule has 0 amide bonds. The summed E-state index contributed by atoms with van der Waals surface area (Å²) in [5, 5.41) is 4.71. The highest BCUT2D eigenvalue weighted by atomic mass is 16.5. The van der Waals surface area contributed by atoms with Crippen LogP contribution in [0.1, 0.15) is 24.2 Å². The molecule has 0 saturated carbocycles. The summed E-state index contributed by atoms with van der Waals surface area (Å²) >= 11 is 0. The molecular weight excluding hydrogens is 262 g/mol. The van der Waals surface area contributed by atoms with Gasteiger partial charge in [-0.25, -0.2) is 0 Å².